The van der Waals surface area contributed by atoms with Gasteiger partial charge in [-0.25, -0.2) is 9.79 Å². The zero-order valence-electron chi connectivity index (χ0n) is 37.3. The van der Waals surface area contributed by atoms with Crippen LogP contribution in [-0.2, 0) is 36.8 Å². The van der Waals surface area contributed by atoms with Gasteiger partial charge in [0, 0.05) is 18.7 Å². The summed E-state index contributed by atoms with van der Waals surface area (Å²) in [5, 5.41) is 13.0. The lowest BCUT2D eigenvalue weighted by molar-refractivity contribution is -0.156. The van der Waals surface area contributed by atoms with Gasteiger partial charge in [0.05, 0.1) is 35.9 Å². The SMILES string of the molecule is CC(C(=O)O)c1cc2c(c(C(=O)NCC(=O)OC(C)(C)C)c1-c1ccc(OCCN(CC(=O)OC(C)(C)C)Cc3ccccc3)cc1)OCCCc1cc(N=C(N)N)ccc1C(=O)O2. The van der Waals surface area contributed by atoms with E-state index in [0.717, 1.165) is 5.56 Å². The van der Waals surface area contributed by atoms with Gasteiger partial charge in [0.15, 0.2) is 17.5 Å². The first-order chi connectivity index (χ1) is 30.2. The highest BCUT2D eigenvalue weighted by atomic mass is 16.6. The largest absolute Gasteiger partial charge is 0.492 e. The lowest BCUT2D eigenvalue weighted by Gasteiger charge is -2.25. The number of aliphatic carboxylic acids is 1. The number of nitrogens with one attached hydrogen (secondary N) is 1. The molecule has 5 rings (SSSR count). The first-order valence-electron chi connectivity index (χ1n) is 20.9. The van der Waals surface area contributed by atoms with Crippen molar-refractivity contribution in [1.29, 1.82) is 0 Å². The number of esters is 3. The van der Waals surface area contributed by atoms with E-state index in [1.54, 1.807) is 57.2 Å². The van der Waals surface area contributed by atoms with Crippen LogP contribution in [-0.4, -0.2) is 89.8 Å². The summed E-state index contributed by atoms with van der Waals surface area (Å²) in [5.41, 5.74) is 12.4. The van der Waals surface area contributed by atoms with E-state index in [2.05, 4.69) is 10.3 Å². The Bertz CT molecular complexity index is 2360. The van der Waals surface area contributed by atoms with Crippen LogP contribution in [0, 0.1) is 0 Å². The van der Waals surface area contributed by atoms with Crippen molar-refractivity contribution in [1.82, 2.24) is 10.2 Å². The first kappa shape index (κ1) is 48.1. The summed E-state index contributed by atoms with van der Waals surface area (Å²) < 4.78 is 29.4. The number of amides is 1. The summed E-state index contributed by atoms with van der Waals surface area (Å²) in [7, 11) is 0. The van der Waals surface area contributed by atoms with Gasteiger partial charge in [0.25, 0.3) is 5.91 Å². The van der Waals surface area contributed by atoms with Crippen molar-refractivity contribution in [2.75, 3.05) is 32.8 Å². The van der Waals surface area contributed by atoms with Crippen molar-refractivity contribution in [3.05, 3.63) is 107 Å². The fraction of sp³-hybridized carbons (Fsp3) is 0.375. The standard InChI is InChI=1S/C48H57N5O11/c1-29(44(57)58)36-25-37-42(61-22-11-14-32-24-33(52-46(49)50)17-20-35(32)45(59)62-37)41(43(56)51-26-38(54)63-47(2,3)4)40(36)31-15-18-34(19-16-31)60-23-21-53(27-30-12-9-8-10-13-30)28-39(55)64-48(5,6)7/h8-10,12-13,15-20,24-25,29H,11,14,21-23,26-28H2,1-7H3,(H,51,56)(H,57,58)(H4,49,50,52). The Morgan fingerprint density at radius 3 is 2.22 bits per heavy atom. The summed E-state index contributed by atoms with van der Waals surface area (Å²) in [6, 6.07) is 22.5. The molecule has 340 valence electrons. The predicted octanol–water partition coefficient (Wildman–Crippen LogP) is 6.29. The van der Waals surface area contributed by atoms with Crippen LogP contribution in [0.4, 0.5) is 5.69 Å². The Labute approximate surface area is 372 Å². The maximum Gasteiger partial charge on any atom is 0.343 e. The van der Waals surface area contributed by atoms with Crippen molar-refractivity contribution in [2.45, 2.75) is 85.0 Å². The van der Waals surface area contributed by atoms with Crippen molar-refractivity contribution >= 4 is 41.4 Å². The average molecular weight is 880 g/mol. The maximum absolute atomic E-state index is 14.5. The Kier molecular flexibility index (Phi) is 15.7. The van der Waals surface area contributed by atoms with E-state index < -0.39 is 47.5 Å². The third kappa shape index (κ3) is 13.8. The lowest BCUT2D eigenvalue weighted by atomic mass is 9.86. The molecular formula is C48H57N5O11. The van der Waals surface area contributed by atoms with Gasteiger partial charge in [-0.1, -0.05) is 42.5 Å². The van der Waals surface area contributed by atoms with Crippen LogP contribution in [0.1, 0.15) is 98.2 Å². The number of carboxylic acids is 1. The van der Waals surface area contributed by atoms with E-state index in [-0.39, 0.29) is 65.4 Å². The zero-order valence-corrected chi connectivity index (χ0v) is 37.3. The number of rotatable bonds is 15. The van der Waals surface area contributed by atoms with Crippen molar-refractivity contribution < 1.29 is 52.8 Å². The molecule has 0 saturated heterocycles. The van der Waals surface area contributed by atoms with Gasteiger partial charge < -0.3 is 45.6 Å². The molecule has 0 fully saturated rings. The molecule has 1 aliphatic heterocycles. The third-order valence-corrected chi connectivity index (χ3v) is 9.60. The molecule has 0 aromatic heterocycles. The van der Waals surface area contributed by atoms with Gasteiger partial charge >= 0.3 is 23.9 Å². The highest BCUT2D eigenvalue weighted by Gasteiger charge is 2.33. The molecule has 0 spiro atoms. The minimum Gasteiger partial charge on any atom is -0.492 e. The number of nitrogens with zero attached hydrogens (tertiary/aromatic N) is 2. The van der Waals surface area contributed by atoms with Crippen LogP contribution < -0.4 is 31.0 Å². The van der Waals surface area contributed by atoms with E-state index in [4.69, 9.17) is 35.2 Å². The van der Waals surface area contributed by atoms with Gasteiger partial charge in [-0.2, -0.15) is 0 Å². The normalized spacial score (nSPS) is 13.2. The molecular weight excluding hydrogens is 823 g/mol. The number of nitrogens with two attached hydrogens (primary N) is 2. The molecule has 0 saturated carbocycles. The molecule has 16 nitrogen and oxygen atoms in total. The summed E-state index contributed by atoms with van der Waals surface area (Å²) in [6.07, 6.45) is 0.723. The molecule has 1 atom stereocenters. The van der Waals surface area contributed by atoms with Crippen LogP contribution >= 0.6 is 0 Å². The number of fused-ring (bicyclic) bond motifs is 2. The molecule has 6 N–H and O–H groups in total. The Morgan fingerprint density at radius 2 is 1.58 bits per heavy atom. The zero-order chi connectivity index (χ0) is 46.8. The number of hydrogen-bond acceptors (Lipinski definition) is 12. The highest BCUT2D eigenvalue weighted by Crippen LogP contribution is 2.45. The van der Waals surface area contributed by atoms with E-state index in [0.29, 0.717) is 48.5 Å². The molecule has 1 heterocycles. The molecule has 1 amide bonds. The second-order valence-electron chi connectivity index (χ2n) is 17.2. The third-order valence-electron chi connectivity index (χ3n) is 9.60. The van der Waals surface area contributed by atoms with Gasteiger partial charge in [0.1, 0.15) is 30.1 Å². The molecule has 0 bridgehead atoms. The van der Waals surface area contributed by atoms with Crippen LogP contribution in [0.15, 0.2) is 83.9 Å². The molecule has 0 aliphatic carbocycles. The maximum atomic E-state index is 14.5. The van der Waals surface area contributed by atoms with E-state index in [1.807, 2.05) is 56.0 Å². The van der Waals surface area contributed by atoms with Gasteiger partial charge in [0.2, 0.25) is 0 Å². The smallest absolute Gasteiger partial charge is 0.343 e. The number of carbonyl (C=O) groups is 5. The minimum absolute atomic E-state index is 0.0398. The molecule has 0 radical (unpaired) electrons. The van der Waals surface area contributed by atoms with E-state index >= 15 is 0 Å². The summed E-state index contributed by atoms with van der Waals surface area (Å²) >= 11 is 0. The molecule has 1 aliphatic rings. The predicted molar refractivity (Wildman–Crippen MR) is 240 cm³/mol. The number of hydrogen-bond donors (Lipinski definition) is 4. The number of aliphatic imine (C=N–C) groups is 1. The molecule has 4 aromatic rings. The van der Waals surface area contributed by atoms with Gasteiger partial charge in [-0.3, -0.25) is 24.1 Å². The van der Waals surface area contributed by atoms with Crippen LogP contribution in [0.2, 0.25) is 0 Å². The topological polar surface area (TPSA) is 231 Å². The van der Waals surface area contributed by atoms with Gasteiger partial charge in [-0.15, -0.1) is 0 Å². The number of carbonyl (C=O) groups excluding carboxylic acids is 4. The van der Waals surface area contributed by atoms with Crippen molar-refractivity contribution in [3.63, 3.8) is 0 Å². The number of carboxylic acid groups (broad SMARTS) is 1. The summed E-state index contributed by atoms with van der Waals surface area (Å²) in [4.78, 5) is 72.7. The van der Waals surface area contributed by atoms with Crippen molar-refractivity contribution in [2.24, 2.45) is 16.5 Å². The molecule has 4 aromatic carbocycles. The summed E-state index contributed by atoms with van der Waals surface area (Å²) in [5.74, 6) is -5.19. The van der Waals surface area contributed by atoms with Crippen LogP contribution in [0.5, 0.6) is 17.2 Å². The number of guanidine groups is 1. The Hall–Kier alpha value is -6.94. The first-order valence-corrected chi connectivity index (χ1v) is 20.9. The molecule has 1 unspecified atom stereocenters. The van der Waals surface area contributed by atoms with Crippen molar-refractivity contribution in [3.8, 4) is 28.4 Å². The van der Waals surface area contributed by atoms with E-state index in [1.165, 1.54) is 19.1 Å². The van der Waals surface area contributed by atoms with Gasteiger partial charge in [-0.05, 0) is 120 Å². The number of benzene rings is 4. The van der Waals surface area contributed by atoms with E-state index in [9.17, 15) is 29.1 Å². The molecule has 64 heavy (non-hydrogen) atoms. The Balaban J connectivity index is 1.53. The van der Waals surface area contributed by atoms with Crippen LogP contribution in [0.3, 0.4) is 0 Å². The monoisotopic (exact) mass is 879 g/mol. The highest BCUT2D eigenvalue weighted by molar-refractivity contribution is 6.07. The minimum atomic E-state index is -1.24. The average Bonchev–Trinajstić information content (AvgIpc) is 3.20. The summed E-state index contributed by atoms with van der Waals surface area (Å²) in [6.45, 7) is 12.6. The number of aryl methyl sites for hydroxylation is 1. The molecule has 16 heteroatoms. The second-order valence-corrected chi connectivity index (χ2v) is 17.2. The quantitative estimate of drug-likeness (QED) is 0.0446. The fourth-order valence-corrected chi connectivity index (χ4v) is 6.92. The second kappa shape index (κ2) is 21.0. The fourth-order valence-electron chi connectivity index (χ4n) is 6.92. The van der Waals surface area contributed by atoms with Crippen LogP contribution in [0.25, 0.3) is 11.1 Å². The lowest BCUT2D eigenvalue weighted by Crippen LogP contribution is -2.36. The Morgan fingerprint density at radius 1 is 0.906 bits per heavy atom. The number of ether oxygens (including phenoxy) is 5.